The predicted octanol–water partition coefficient (Wildman–Crippen LogP) is 0.910. The maximum atomic E-state index is 12.2. The SMILES string of the molecule is COC(=O)CN(C(=O)Cn1nc(C)cc1C)C(C)C. The van der Waals surface area contributed by atoms with Crippen molar-refractivity contribution < 1.29 is 14.3 Å². The van der Waals surface area contributed by atoms with E-state index in [4.69, 9.17) is 0 Å². The lowest BCUT2D eigenvalue weighted by Crippen LogP contribution is -2.43. The zero-order valence-corrected chi connectivity index (χ0v) is 12.1. The number of rotatable bonds is 5. The molecule has 0 aromatic carbocycles. The van der Waals surface area contributed by atoms with Gasteiger partial charge in [0.05, 0.1) is 12.8 Å². The van der Waals surface area contributed by atoms with E-state index in [1.807, 2.05) is 33.8 Å². The molecular weight excluding hydrogens is 246 g/mol. The van der Waals surface area contributed by atoms with Gasteiger partial charge in [-0.1, -0.05) is 0 Å². The highest BCUT2D eigenvalue weighted by atomic mass is 16.5. The van der Waals surface area contributed by atoms with E-state index in [0.717, 1.165) is 11.4 Å². The Morgan fingerprint density at radius 2 is 2.05 bits per heavy atom. The van der Waals surface area contributed by atoms with Crippen molar-refractivity contribution in [2.24, 2.45) is 0 Å². The van der Waals surface area contributed by atoms with Crippen molar-refractivity contribution in [1.82, 2.24) is 14.7 Å². The summed E-state index contributed by atoms with van der Waals surface area (Å²) in [4.78, 5) is 25.0. The summed E-state index contributed by atoms with van der Waals surface area (Å²) in [7, 11) is 1.31. The van der Waals surface area contributed by atoms with E-state index in [1.54, 1.807) is 4.68 Å². The highest BCUT2D eigenvalue weighted by Gasteiger charge is 2.21. The molecule has 0 bridgehead atoms. The minimum atomic E-state index is -0.421. The van der Waals surface area contributed by atoms with Gasteiger partial charge in [-0.3, -0.25) is 14.3 Å². The number of methoxy groups -OCH3 is 1. The first kappa shape index (κ1) is 15.2. The molecule has 0 N–H and O–H groups in total. The van der Waals surface area contributed by atoms with Crippen molar-refractivity contribution in [3.8, 4) is 0 Å². The van der Waals surface area contributed by atoms with Crippen LogP contribution < -0.4 is 0 Å². The predicted molar refractivity (Wildman–Crippen MR) is 70.6 cm³/mol. The Balaban J connectivity index is 2.77. The molecule has 106 valence electrons. The molecule has 0 atom stereocenters. The summed E-state index contributed by atoms with van der Waals surface area (Å²) >= 11 is 0. The average Bonchev–Trinajstić information content (AvgIpc) is 2.63. The molecule has 1 aromatic heterocycles. The first-order valence-electron chi connectivity index (χ1n) is 6.22. The number of carbonyl (C=O) groups is 2. The summed E-state index contributed by atoms with van der Waals surface area (Å²) in [6.45, 7) is 7.60. The van der Waals surface area contributed by atoms with Gasteiger partial charge in [0.15, 0.2) is 0 Å². The second kappa shape index (κ2) is 6.36. The van der Waals surface area contributed by atoms with Gasteiger partial charge in [-0.15, -0.1) is 0 Å². The fraction of sp³-hybridized carbons (Fsp3) is 0.615. The molecule has 0 saturated carbocycles. The first-order chi connectivity index (χ1) is 8.85. The summed E-state index contributed by atoms with van der Waals surface area (Å²) in [6.07, 6.45) is 0. The molecule has 1 heterocycles. The van der Waals surface area contributed by atoms with Crippen LogP contribution in [-0.4, -0.2) is 46.3 Å². The van der Waals surface area contributed by atoms with Crippen LogP contribution in [0.3, 0.4) is 0 Å². The van der Waals surface area contributed by atoms with Gasteiger partial charge in [-0.25, -0.2) is 0 Å². The molecule has 0 radical (unpaired) electrons. The molecule has 0 aliphatic heterocycles. The molecule has 0 saturated heterocycles. The summed E-state index contributed by atoms with van der Waals surface area (Å²) in [6, 6.07) is 1.84. The van der Waals surface area contributed by atoms with Crippen LogP contribution in [0.2, 0.25) is 0 Å². The topological polar surface area (TPSA) is 64.4 Å². The number of aryl methyl sites for hydroxylation is 2. The molecule has 0 fully saturated rings. The minimum absolute atomic E-state index is 0.0354. The number of carbonyl (C=O) groups excluding carboxylic acids is 2. The van der Waals surface area contributed by atoms with E-state index >= 15 is 0 Å². The summed E-state index contributed by atoms with van der Waals surface area (Å²) in [5.41, 5.74) is 1.79. The Morgan fingerprint density at radius 3 is 2.47 bits per heavy atom. The number of esters is 1. The van der Waals surface area contributed by atoms with Crippen LogP contribution in [0.4, 0.5) is 0 Å². The Kier molecular flexibility index (Phi) is 5.09. The van der Waals surface area contributed by atoms with E-state index < -0.39 is 5.97 Å². The summed E-state index contributed by atoms with van der Waals surface area (Å²) in [5, 5.41) is 4.24. The van der Waals surface area contributed by atoms with E-state index in [-0.39, 0.29) is 25.0 Å². The van der Waals surface area contributed by atoms with E-state index in [9.17, 15) is 9.59 Å². The molecule has 19 heavy (non-hydrogen) atoms. The molecule has 0 aliphatic carbocycles. The first-order valence-corrected chi connectivity index (χ1v) is 6.22. The smallest absolute Gasteiger partial charge is 0.325 e. The molecule has 6 heteroatoms. The van der Waals surface area contributed by atoms with Crippen molar-refractivity contribution in [2.45, 2.75) is 40.3 Å². The minimum Gasteiger partial charge on any atom is -0.468 e. The van der Waals surface area contributed by atoms with Crippen molar-refractivity contribution >= 4 is 11.9 Å². The molecule has 0 unspecified atom stereocenters. The lowest BCUT2D eigenvalue weighted by molar-refractivity contribution is -0.148. The average molecular weight is 267 g/mol. The van der Waals surface area contributed by atoms with Gasteiger partial charge in [-0.05, 0) is 33.8 Å². The molecule has 0 aliphatic rings. The van der Waals surface area contributed by atoms with Gasteiger partial charge >= 0.3 is 5.97 Å². The van der Waals surface area contributed by atoms with E-state index in [0.29, 0.717) is 0 Å². The van der Waals surface area contributed by atoms with Crippen molar-refractivity contribution in [2.75, 3.05) is 13.7 Å². The van der Waals surface area contributed by atoms with Crippen LogP contribution >= 0.6 is 0 Å². The van der Waals surface area contributed by atoms with Gasteiger partial charge in [0, 0.05) is 11.7 Å². The van der Waals surface area contributed by atoms with Gasteiger partial charge in [-0.2, -0.15) is 5.10 Å². The van der Waals surface area contributed by atoms with Gasteiger partial charge in [0.25, 0.3) is 0 Å². The number of hydrogen-bond donors (Lipinski definition) is 0. The molecule has 1 aromatic rings. The number of nitrogens with zero attached hydrogens (tertiary/aromatic N) is 3. The fourth-order valence-corrected chi connectivity index (χ4v) is 1.82. The molecular formula is C13H21N3O3. The Morgan fingerprint density at radius 1 is 1.42 bits per heavy atom. The Hall–Kier alpha value is -1.85. The van der Waals surface area contributed by atoms with Crippen LogP contribution in [0, 0.1) is 13.8 Å². The van der Waals surface area contributed by atoms with Gasteiger partial charge in [0.2, 0.25) is 5.91 Å². The molecule has 0 spiro atoms. The van der Waals surface area contributed by atoms with E-state index in [1.165, 1.54) is 12.0 Å². The third kappa shape index (κ3) is 4.08. The zero-order valence-electron chi connectivity index (χ0n) is 12.1. The molecule has 1 rings (SSSR count). The largest absolute Gasteiger partial charge is 0.468 e. The number of ether oxygens (including phenoxy) is 1. The Bertz CT molecular complexity index is 466. The van der Waals surface area contributed by atoms with Crippen molar-refractivity contribution in [3.05, 3.63) is 17.5 Å². The quantitative estimate of drug-likeness (QED) is 0.744. The van der Waals surface area contributed by atoms with Crippen LogP contribution in [0.15, 0.2) is 6.07 Å². The number of amides is 1. The number of aromatic nitrogens is 2. The lowest BCUT2D eigenvalue weighted by atomic mass is 10.3. The fourth-order valence-electron chi connectivity index (χ4n) is 1.82. The second-order valence-electron chi connectivity index (χ2n) is 4.78. The lowest BCUT2D eigenvalue weighted by Gasteiger charge is -2.25. The maximum Gasteiger partial charge on any atom is 0.325 e. The van der Waals surface area contributed by atoms with Gasteiger partial charge < -0.3 is 9.64 Å². The normalized spacial score (nSPS) is 10.6. The monoisotopic (exact) mass is 267 g/mol. The molecule has 6 nitrogen and oxygen atoms in total. The van der Waals surface area contributed by atoms with Crippen molar-refractivity contribution in [3.63, 3.8) is 0 Å². The molecule has 1 amide bonds. The van der Waals surface area contributed by atoms with E-state index in [2.05, 4.69) is 9.84 Å². The summed E-state index contributed by atoms with van der Waals surface area (Å²) in [5.74, 6) is -0.568. The highest BCUT2D eigenvalue weighted by Crippen LogP contribution is 2.05. The van der Waals surface area contributed by atoms with Crippen LogP contribution in [-0.2, 0) is 20.9 Å². The van der Waals surface area contributed by atoms with Gasteiger partial charge in [0.1, 0.15) is 13.1 Å². The third-order valence-corrected chi connectivity index (χ3v) is 2.86. The Labute approximate surface area is 113 Å². The zero-order chi connectivity index (χ0) is 14.6. The summed E-state index contributed by atoms with van der Waals surface area (Å²) < 4.78 is 6.25. The standard InChI is InChI=1S/C13H21N3O3/c1-9(2)15(8-13(18)19-5)12(17)7-16-11(4)6-10(3)14-16/h6,9H,7-8H2,1-5H3. The second-order valence-corrected chi connectivity index (χ2v) is 4.78. The highest BCUT2D eigenvalue weighted by molar-refractivity contribution is 5.82. The van der Waals surface area contributed by atoms with Crippen LogP contribution in [0.25, 0.3) is 0 Å². The van der Waals surface area contributed by atoms with Crippen LogP contribution in [0.5, 0.6) is 0 Å². The number of hydrogen-bond acceptors (Lipinski definition) is 4. The third-order valence-electron chi connectivity index (χ3n) is 2.86. The van der Waals surface area contributed by atoms with Crippen molar-refractivity contribution in [1.29, 1.82) is 0 Å². The van der Waals surface area contributed by atoms with Crippen LogP contribution in [0.1, 0.15) is 25.2 Å². The maximum absolute atomic E-state index is 12.2.